The molecule has 1 amide bonds. The predicted molar refractivity (Wildman–Crippen MR) is 127 cm³/mol. The number of amides is 1. The second kappa shape index (κ2) is 8.39. The Bertz CT molecular complexity index is 1420. The molecule has 0 aliphatic carbocycles. The second-order valence-corrected chi connectivity index (χ2v) is 9.09. The van der Waals surface area contributed by atoms with Gasteiger partial charge in [-0.05, 0) is 43.7 Å². The van der Waals surface area contributed by atoms with E-state index in [9.17, 15) is 14.7 Å². The highest BCUT2D eigenvalue weighted by Gasteiger charge is 2.45. The van der Waals surface area contributed by atoms with Crippen LogP contribution >= 0.6 is 11.3 Å². The zero-order valence-electron chi connectivity index (χ0n) is 18.9. The van der Waals surface area contributed by atoms with Gasteiger partial charge >= 0.3 is 6.09 Å². The van der Waals surface area contributed by atoms with Gasteiger partial charge in [0.1, 0.15) is 11.5 Å². The summed E-state index contributed by atoms with van der Waals surface area (Å²) < 4.78 is 19.2. The number of methoxy groups -OCH3 is 2. The van der Waals surface area contributed by atoms with E-state index in [-0.39, 0.29) is 5.91 Å². The summed E-state index contributed by atoms with van der Waals surface area (Å²) in [4.78, 5) is 31.4. The van der Waals surface area contributed by atoms with Crippen molar-refractivity contribution in [2.75, 3.05) is 20.8 Å². The van der Waals surface area contributed by atoms with E-state index in [0.717, 1.165) is 16.5 Å². The highest BCUT2D eigenvalue weighted by Crippen LogP contribution is 2.38. The van der Waals surface area contributed by atoms with Gasteiger partial charge in [0.05, 0.1) is 20.6 Å². The molecular weight excluding hydrogens is 458 g/mol. The highest BCUT2D eigenvalue weighted by molar-refractivity contribution is 7.21. The largest absolute Gasteiger partial charge is 0.464 e. The zero-order valence-corrected chi connectivity index (χ0v) is 19.7. The fourth-order valence-electron chi connectivity index (χ4n) is 4.54. The van der Waals surface area contributed by atoms with Gasteiger partial charge in [-0.25, -0.2) is 4.79 Å². The Morgan fingerprint density at radius 2 is 1.94 bits per heavy atom. The Balaban J connectivity index is 1.48. The molecular formula is C24H23N3O6S. The van der Waals surface area contributed by atoms with Crippen LogP contribution in [0.25, 0.3) is 21.1 Å². The fraction of sp³-hybridized carbons (Fsp3) is 0.292. The van der Waals surface area contributed by atoms with Crippen LogP contribution < -0.4 is 4.74 Å². The van der Waals surface area contributed by atoms with Crippen molar-refractivity contribution in [3.05, 3.63) is 53.2 Å². The Morgan fingerprint density at radius 1 is 1.15 bits per heavy atom. The average Bonchev–Trinajstić information content (AvgIpc) is 3.53. The first-order valence-electron chi connectivity index (χ1n) is 10.7. The SMILES string of the molecule is COC1(OC)CCCN1C(=O)c1cc2nccc(Oc3ccc4c(c3)cc(C)n4C(=O)O)c2s1. The minimum absolute atomic E-state index is 0.179. The first-order valence-corrected chi connectivity index (χ1v) is 11.5. The number of rotatable bonds is 5. The lowest BCUT2D eigenvalue weighted by molar-refractivity contribution is -0.263. The number of fused-ring (bicyclic) bond motifs is 2. The molecule has 1 N–H and O–H groups in total. The van der Waals surface area contributed by atoms with Gasteiger partial charge in [0.15, 0.2) is 0 Å². The van der Waals surface area contributed by atoms with Crippen LogP contribution in [0, 0.1) is 6.92 Å². The monoisotopic (exact) mass is 481 g/mol. The number of carbonyl (C=O) groups excluding carboxylic acids is 1. The number of hydrogen-bond donors (Lipinski definition) is 1. The van der Waals surface area contributed by atoms with Crippen LogP contribution in [-0.4, -0.2) is 58.2 Å². The Hall–Kier alpha value is -3.47. The van der Waals surface area contributed by atoms with E-state index in [1.54, 1.807) is 54.4 Å². The number of carbonyl (C=O) groups is 2. The number of hydrogen-bond acceptors (Lipinski definition) is 7. The van der Waals surface area contributed by atoms with Crippen LogP contribution in [0.3, 0.4) is 0 Å². The van der Waals surface area contributed by atoms with Crippen molar-refractivity contribution in [2.24, 2.45) is 0 Å². The summed E-state index contributed by atoms with van der Waals surface area (Å²) in [6.45, 7) is 2.29. The van der Waals surface area contributed by atoms with Crippen molar-refractivity contribution in [1.29, 1.82) is 0 Å². The molecule has 1 saturated heterocycles. The van der Waals surface area contributed by atoms with E-state index in [2.05, 4.69) is 4.98 Å². The standard InChI is InChI=1S/C24H23N3O6S/c1-14-11-15-12-16(5-6-18(15)27(14)23(29)30)33-19-7-9-25-17-13-20(34-21(17)19)22(28)26-10-4-8-24(26,31-2)32-3/h5-7,9,11-13H,4,8,10H2,1-3H3,(H,29,30). The summed E-state index contributed by atoms with van der Waals surface area (Å²) in [5.74, 6) is -0.114. The van der Waals surface area contributed by atoms with Crippen LogP contribution in [0.4, 0.5) is 4.79 Å². The molecule has 9 nitrogen and oxygen atoms in total. The Morgan fingerprint density at radius 3 is 2.68 bits per heavy atom. The molecule has 4 aromatic rings. The third kappa shape index (κ3) is 3.51. The van der Waals surface area contributed by atoms with Gasteiger partial charge in [-0.2, -0.15) is 0 Å². The topological polar surface area (TPSA) is 103 Å². The van der Waals surface area contributed by atoms with Crippen LogP contribution in [0.15, 0.2) is 42.6 Å². The van der Waals surface area contributed by atoms with Crippen molar-refractivity contribution in [2.45, 2.75) is 25.7 Å². The van der Waals surface area contributed by atoms with Crippen LogP contribution in [0.2, 0.25) is 0 Å². The maximum atomic E-state index is 13.3. The predicted octanol–water partition coefficient (Wildman–Crippen LogP) is 5.06. The first kappa shape index (κ1) is 22.3. The third-order valence-corrected chi connectivity index (χ3v) is 7.26. The first-order chi connectivity index (χ1) is 16.4. The number of benzene rings is 1. The summed E-state index contributed by atoms with van der Waals surface area (Å²) in [7, 11) is 3.08. The van der Waals surface area contributed by atoms with Crippen molar-refractivity contribution in [1.82, 2.24) is 14.5 Å². The molecule has 0 saturated carbocycles. The summed E-state index contributed by atoms with van der Waals surface area (Å²) in [6.07, 6.45) is 1.99. The highest BCUT2D eigenvalue weighted by atomic mass is 32.1. The Labute approximate surface area is 199 Å². The molecule has 176 valence electrons. The molecule has 0 spiro atoms. The number of carboxylic acid groups (broad SMARTS) is 1. The van der Waals surface area contributed by atoms with Crippen LogP contribution in [-0.2, 0) is 9.47 Å². The molecule has 1 fully saturated rings. The smallest absolute Gasteiger partial charge is 0.416 e. The molecule has 3 aromatic heterocycles. The number of pyridine rings is 1. The molecule has 34 heavy (non-hydrogen) atoms. The van der Waals surface area contributed by atoms with Gasteiger partial charge in [-0.3, -0.25) is 19.2 Å². The lowest BCUT2D eigenvalue weighted by atomic mass is 10.2. The van der Waals surface area contributed by atoms with E-state index >= 15 is 0 Å². The van der Waals surface area contributed by atoms with E-state index in [0.29, 0.717) is 46.1 Å². The van der Waals surface area contributed by atoms with Gasteiger partial charge in [0.25, 0.3) is 11.8 Å². The summed E-state index contributed by atoms with van der Waals surface area (Å²) in [5.41, 5.74) is 1.86. The number of aryl methyl sites for hydroxylation is 1. The molecule has 5 rings (SSSR count). The molecule has 1 aliphatic rings. The normalized spacial score (nSPS) is 15.3. The second-order valence-electron chi connectivity index (χ2n) is 8.04. The lowest BCUT2D eigenvalue weighted by Gasteiger charge is -2.34. The van der Waals surface area contributed by atoms with E-state index < -0.39 is 12.0 Å². The summed E-state index contributed by atoms with van der Waals surface area (Å²) >= 11 is 1.30. The number of thiophene rings is 1. The number of likely N-dealkylation sites (tertiary alicyclic amines) is 1. The van der Waals surface area contributed by atoms with Gasteiger partial charge in [0.2, 0.25) is 0 Å². The molecule has 0 bridgehead atoms. The van der Waals surface area contributed by atoms with Crippen molar-refractivity contribution in [3.8, 4) is 11.5 Å². The van der Waals surface area contributed by atoms with Gasteiger partial charge in [-0.15, -0.1) is 11.3 Å². The molecule has 4 heterocycles. The van der Waals surface area contributed by atoms with Crippen LogP contribution in [0.1, 0.15) is 28.2 Å². The average molecular weight is 482 g/mol. The maximum Gasteiger partial charge on any atom is 0.416 e. The van der Waals surface area contributed by atoms with E-state index in [4.69, 9.17) is 14.2 Å². The van der Waals surface area contributed by atoms with Crippen molar-refractivity contribution < 1.29 is 28.9 Å². The fourth-order valence-corrected chi connectivity index (χ4v) is 5.55. The molecule has 0 atom stereocenters. The van der Waals surface area contributed by atoms with E-state index in [1.165, 1.54) is 30.1 Å². The molecule has 1 aromatic carbocycles. The molecule has 10 heteroatoms. The lowest BCUT2D eigenvalue weighted by Crippen LogP contribution is -2.50. The quantitative estimate of drug-likeness (QED) is 0.397. The van der Waals surface area contributed by atoms with Gasteiger partial charge < -0.3 is 19.3 Å². The number of aromatic nitrogens is 2. The van der Waals surface area contributed by atoms with Crippen molar-refractivity contribution in [3.63, 3.8) is 0 Å². The van der Waals surface area contributed by atoms with Gasteiger partial charge in [0, 0.05) is 50.5 Å². The minimum Gasteiger partial charge on any atom is -0.464 e. The van der Waals surface area contributed by atoms with Gasteiger partial charge in [-0.1, -0.05) is 0 Å². The molecule has 0 radical (unpaired) electrons. The number of nitrogens with zero attached hydrogens (tertiary/aromatic N) is 3. The van der Waals surface area contributed by atoms with Crippen LogP contribution in [0.5, 0.6) is 11.5 Å². The minimum atomic E-state index is -1.06. The Kier molecular flexibility index (Phi) is 5.51. The molecule has 0 unspecified atom stereocenters. The summed E-state index contributed by atoms with van der Waals surface area (Å²) in [6, 6.07) is 10.5. The van der Waals surface area contributed by atoms with Crippen molar-refractivity contribution >= 4 is 44.5 Å². The zero-order chi connectivity index (χ0) is 24.0. The maximum absolute atomic E-state index is 13.3. The summed E-state index contributed by atoms with van der Waals surface area (Å²) in [5, 5.41) is 10.2. The third-order valence-electron chi connectivity index (χ3n) is 6.13. The number of ether oxygens (including phenoxy) is 3. The molecule has 1 aliphatic heterocycles. The van der Waals surface area contributed by atoms with E-state index in [1.807, 2.05) is 0 Å².